The second kappa shape index (κ2) is 8.87. The van der Waals surface area contributed by atoms with E-state index in [1.165, 1.54) is 25.7 Å². The molecule has 4 saturated carbocycles. The van der Waals surface area contributed by atoms with Gasteiger partial charge in [0.25, 0.3) is 5.91 Å². The van der Waals surface area contributed by atoms with Gasteiger partial charge in [0.05, 0.1) is 0 Å². The molecule has 4 nitrogen and oxygen atoms in total. The molecular formula is C30H36N2O2. The van der Waals surface area contributed by atoms with E-state index in [4.69, 9.17) is 0 Å². The van der Waals surface area contributed by atoms with E-state index in [-0.39, 0.29) is 23.3 Å². The molecule has 2 amide bonds. The molecule has 0 spiro atoms. The Bertz CT molecular complexity index is 1000. The summed E-state index contributed by atoms with van der Waals surface area (Å²) in [4.78, 5) is 29.5. The summed E-state index contributed by atoms with van der Waals surface area (Å²) in [5.41, 5.74) is 2.82. The Morgan fingerprint density at radius 3 is 1.91 bits per heavy atom. The molecule has 4 aliphatic carbocycles. The second-order valence-electron chi connectivity index (χ2n) is 11.5. The number of carbonyl (C=O) groups is 2. The van der Waals surface area contributed by atoms with Crippen molar-refractivity contribution in [3.05, 3.63) is 60.2 Å². The first-order chi connectivity index (χ1) is 16.6. The molecule has 1 saturated heterocycles. The van der Waals surface area contributed by atoms with Crippen LogP contribution in [0.4, 0.5) is 0 Å². The van der Waals surface area contributed by atoms with Gasteiger partial charge in [0.15, 0.2) is 0 Å². The van der Waals surface area contributed by atoms with Crippen LogP contribution in [0.1, 0.15) is 68.1 Å². The van der Waals surface area contributed by atoms with E-state index in [9.17, 15) is 9.59 Å². The summed E-state index contributed by atoms with van der Waals surface area (Å²) < 4.78 is 0. The predicted octanol–water partition coefficient (Wildman–Crippen LogP) is 5.68. The van der Waals surface area contributed by atoms with Gasteiger partial charge >= 0.3 is 0 Å². The predicted molar refractivity (Wildman–Crippen MR) is 134 cm³/mol. The van der Waals surface area contributed by atoms with Gasteiger partial charge in [-0.3, -0.25) is 9.59 Å². The fourth-order valence-corrected chi connectivity index (χ4v) is 7.96. The minimum atomic E-state index is -0.389. The third kappa shape index (κ3) is 4.06. The second-order valence-corrected chi connectivity index (χ2v) is 11.5. The molecule has 0 aromatic heterocycles. The van der Waals surface area contributed by atoms with Crippen molar-refractivity contribution >= 4 is 11.8 Å². The largest absolute Gasteiger partial charge is 0.341 e. The van der Waals surface area contributed by atoms with E-state index < -0.39 is 0 Å². The number of nitrogens with one attached hydrogen (secondary N) is 1. The fourth-order valence-electron chi connectivity index (χ4n) is 7.96. The van der Waals surface area contributed by atoms with Crippen LogP contribution in [0.2, 0.25) is 0 Å². The third-order valence-electron chi connectivity index (χ3n) is 9.14. The van der Waals surface area contributed by atoms with Gasteiger partial charge in [-0.25, -0.2) is 0 Å². The summed E-state index contributed by atoms with van der Waals surface area (Å²) in [7, 11) is 0. The van der Waals surface area contributed by atoms with Gasteiger partial charge in [-0.05, 0) is 98.8 Å². The molecule has 0 radical (unpaired) electrons. The van der Waals surface area contributed by atoms with Gasteiger partial charge in [0.1, 0.15) is 6.04 Å². The lowest BCUT2D eigenvalue weighted by Crippen LogP contribution is -2.62. The average molecular weight is 457 g/mol. The first-order valence-corrected chi connectivity index (χ1v) is 13.3. The monoisotopic (exact) mass is 456 g/mol. The molecule has 7 rings (SSSR count). The van der Waals surface area contributed by atoms with E-state index in [0.29, 0.717) is 5.56 Å². The zero-order valence-corrected chi connectivity index (χ0v) is 20.0. The molecule has 1 heterocycles. The van der Waals surface area contributed by atoms with Crippen LogP contribution in [-0.4, -0.2) is 35.8 Å². The van der Waals surface area contributed by atoms with Crippen LogP contribution < -0.4 is 5.32 Å². The maximum absolute atomic E-state index is 13.9. The molecule has 1 unspecified atom stereocenters. The Kier molecular flexibility index (Phi) is 5.71. The highest BCUT2D eigenvalue weighted by Gasteiger charge is 2.57. The summed E-state index contributed by atoms with van der Waals surface area (Å²) >= 11 is 0. The first-order valence-electron chi connectivity index (χ1n) is 13.3. The zero-order chi connectivity index (χ0) is 23.1. The van der Waals surface area contributed by atoms with Crippen LogP contribution in [0, 0.1) is 23.2 Å². The van der Waals surface area contributed by atoms with Crippen molar-refractivity contribution in [3.63, 3.8) is 0 Å². The highest BCUT2D eigenvalue weighted by molar-refractivity contribution is 5.98. The summed E-state index contributed by atoms with van der Waals surface area (Å²) in [5, 5.41) is 3.32. The number of piperidine rings is 1. The fraction of sp³-hybridized carbons (Fsp3) is 0.533. The van der Waals surface area contributed by atoms with Gasteiger partial charge in [-0.2, -0.15) is 0 Å². The SMILES string of the molecule is O=C(NC(C(=O)N1CCCCC1)C12CC3CC(CC(C3)C1)C2)c1ccc(-c2ccccc2)cc1. The molecule has 4 bridgehead atoms. The van der Waals surface area contributed by atoms with Crippen LogP contribution in [0.15, 0.2) is 54.6 Å². The number of likely N-dealkylation sites (tertiary alicyclic amines) is 1. The number of hydrogen-bond acceptors (Lipinski definition) is 2. The molecule has 178 valence electrons. The minimum absolute atomic E-state index is 0.0527. The van der Waals surface area contributed by atoms with Crippen molar-refractivity contribution in [2.24, 2.45) is 23.2 Å². The summed E-state index contributed by atoms with van der Waals surface area (Å²) in [6, 6.07) is 17.7. The Hall–Kier alpha value is -2.62. The average Bonchev–Trinajstić information content (AvgIpc) is 2.87. The van der Waals surface area contributed by atoms with Crippen LogP contribution in [0.3, 0.4) is 0 Å². The smallest absolute Gasteiger partial charge is 0.251 e. The Labute approximate surface area is 203 Å². The van der Waals surface area contributed by atoms with Crippen molar-refractivity contribution in [2.75, 3.05) is 13.1 Å². The summed E-state index contributed by atoms with van der Waals surface area (Å²) in [6.45, 7) is 1.67. The summed E-state index contributed by atoms with van der Waals surface area (Å²) in [5.74, 6) is 2.29. The normalized spacial score (nSPS) is 30.7. The van der Waals surface area contributed by atoms with E-state index >= 15 is 0 Å². The molecule has 5 fully saturated rings. The van der Waals surface area contributed by atoms with Gasteiger partial charge in [0, 0.05) is 24.1 Å². The molecule has 2 aromatic rings. The van der Waals surface area contributed by atoms with Gasteiger partial charge in [-0.15, -0.1) is 0 Å². The lowest BCUT2D eigenvalue weighted by molar-refractivity contribution is -0.145. The lowest BCUT2D eigenvalue weighted by Gasteiger charge is -2.59. The molecule has 1 atom stereocenters. The van der Waals surface area contributed by atoms with E-state index in [1.54, 1.807) is 0 Å². The standard InChI is InChI=1S/C30H36N2O2/c33-28(26-11-9-25(10-12-26)24-7-3-1-4-8-24)31-27(29(34)32-13-5-2-6-14-32)30-18-21-15-22(19-30)17-23(16-21)20-30/h1,3-4,7-12,21-23,27H,2,5-6,13-20H2,(H,31,33). The third-order valence-corrected chi connectivity index (χ3v) is 9.14. The van der Waals surface area contributed by atoms with E-state index in [0.717, 1.165) is 74.1 Å². The topological polar surface area (TPSA) is 49.4 Å². The lowest BCUT2D eigenvalue weighted by atomic mass is 9.47. The zero-order valence-electron chi connectivity index (χ0n) is 20.0. The van der Waals surface area contributed by atoms with Crippen LogP contribution in [-0.2, 0) is 4.79 Å². The van der Waals surface area contributed by atoms with E-state index in [2.05, 4.69) is 17.4 Å². The molecule has 4 heteroatoms. The first kappa shape index (κ1) is 21.9. The number of nitrogens with zero attached hydrogens (tertiary/aromatic N) is 1. The molecule has 2 aromatic carbocycles. The van der Waals surface area contributed by atoms with Crippen molar-refractivity contribution in [2.45, 2.75) is 63.8 Å². The van der Waals surface area contributed by atoms with Crippen LogP contribution in [0.25, 0.3) is 11.1 Å². The van der Waals surface area contributed by atoms with Crippen molar-refractivity contribution in [1.82, 2.24) is 10.2 Å². The van der Waals surface area contributed by atoms with Gasteiger partial charge < -0.3 is 10.2 Å². The van der Waals surface area contributed by atoms with Gasteiger partial charge in [-0.1, -0.05) is 42.5 Å². The Morgan fingerprint density at radius 1 is 0.765 bits per heavy atom. The van der Waals surface area contributed by atoms with Crippen molar-refractivity contribution < 1.29 is 9.59 Å². The van der Waals surface area contributed by atoms with E-state index in [1.807, 2.05) is 47.4 Å². The van der Waals surface area contributed by atoms with Crippen LogP contribution >= 0.6 is 0 Å². The van der Waals surface area contributed by atoms with Crippen molar-refractivity contribution in [3.8, 4) is 11.1 Å². The van der Waals surface area contributed by atoms with Gasteiger partial charge in [0.2, 0.25) is 5.91 Å². The Balaban J connectivity index is 1.26. The number of carbonyl (C=O) groups excluding carboxylic acids is 2. The number of benzene rings is 2. The molecule has 34 heavy (non-hydrogen) atoms. The number of hydrogen-bond donors (Lipinski definition) is 1. The Morgan fingerprint density at radius 2 is 1.32 bits per heavy atom. The maximum Gasteiger partial charge on any atom is 0.251 e. The number of rotatable bonds is 5. The van der Waals surface area contributed by atoms with Crippen LogP contribution in [0.5, 0.6) is 0 Å². The molecule has 1 N–H and O–H groups in total. The molecular weight excluding hydrogens is 420 g/mol. The molecule has 1 aliphatic heterocycles. The van der Waals surface area contributed by atoms with Crippen molar-refractivity contribution in [1.29, 1.82) is 0 Å². The highest BCUT2D eigenvalue weighted by atomic mass is 16.2. The molecule has 5 aliphatic rings. The highest BCUT2D eigenvalue weighted by Crippen LogP contribution is 2.61. The minimum Gasteiger partial charge on any atom is -0.341 e. The quantitative estimate of drug-likeness (QED) is 0.629. The summed E-state index contributed by atoms with van der Waals surface area (Å²) in [6.07, 6.45) is 10.7. The number of amides is 2. The maximum atomic E-state index is 13.9.